The van der Waals surface area contributed by atoms with Crippen molar-refractivity contribution in [1.29, 1.82) is 10.5 Å². The van der Waals surface area contributed by atoms with Crippen LogP contribution in [0.2, 0.25) is 5.02 Å². The maximum absolute atomic E-state index is 14.4. The van der Waals surface area contributed by atoms with Gasteiger partial charge in [0.2, 0.25) is 0 Å². The Morgan fingerprint density at radius 1 is 1.30 bits per heavy atom. The average molecular weight is 335 g/mol. The largest absolute Gasteiger partial charge is 0.386 e. The van der Waals surface area contributed by atoms with Crippen molar-refractivity contribution in [1.82, 2.24) is 0 Å². The van der Waals surface area contributed by atoms with E-state index in [1.807, 2.05) is 12.1 Å². The van der Waals surface area contributed by atoms with Gasteiger partial charge in [0.15, 0.2) is 5.41 Å². The molecule has 3 atom stereocenters. The van der Waals surface area contributed by atoms with Gasteiger partial charge in [-0.3, -0.25) is 0 Å². The van der Waals surface area contributed by atoms with Crippen LogP contribution in [0.15, 0.2) is 23.2 Å². The SMILES string of the molecule is COC1(OC)N=C(N)[C@@]2(C#N)[C@H](c3c(F)cccc3Cl)[C@]12C#N. The molecule has 1 heterocycles. The predicted molar refractivity (Wildman–Crippen MR) is 78.6 cm³/mol. The minimum absolute atomic E-state index is 0.0357. The van der Waals surface area contributed by atoms with Gasteiger partial charge in [0, 0.05) is 30.7 Å². The number of halogens is 2. The van der Waals surface area contributed by atoms with Crippen molar-refractivity contribution in [3.8, 4) is 12.1 Å². The molecule has 0 unspecified atom stereocenters. The maximum atomic E-state index is 14.4. The molecule has 1 aromatic rings. The predicted octanol–water partition coefficient (Wildman–Crippen LogP) is 1.91. The highest BCUT2D eigenvalue weighted by atomic mass is 35.5. The molecule has 1 aliphatic carbocycles. The number of aliphatic imine (C=N–C) groups is 1. The van der Waals surface area contributed by atoms with Crippen molar-refractivity contribution in [2.24, 2.45) is 21.6 Å². The van der Waals surface area contributed by atoms with Crippen molar-refractivity contribution in [3.63, 3.8) is 0 Å². The van der Waals surface area contributed by atoms with Crippen LogP contribution in [0.1, 0.15) is 11.5 Å². The van der Waals surface area contributed by atoms with E-state index in [0.29, 0.717) is 0 Å². The standard InChI is InChI=1S/C15H12ClFN4O2/c1-22-15(23-2)14(7-19)11(13(14,6-18)12(20)21-15)10-8(16)4-3-5-9(10)17/h3-5,11H,1-2H3,(H2,20,21)/t11-,13+,14-/m0/s1. The van der Waals surface area contributed by atoms with Crippen molar-refractivity contribution < 1.29 is 13.9 Å². The van der Waals surface area contributed by atoms with Crippen LogP contribution in [0.25, 0.3) is 0 Å². The van der Waals surface area contributed by atoms with Gasteiger partial charge in [-0.1, -0.05) is 17.7 Å². The molecule has 0 bridgehead atoms. The number of amidine groups is 1. The van der Waals surface area contributed by atoms with Crippen molar-refractivity contribution in [2.75, 3.05) is 14.2 Å². The summed E-state index contributed by atoms with van der Waals surface area (Å²) in [6, 6.07) is 8.19. The molecule has 0 amide bonds. The lowest BCUT2D eigenvalue weighted by Gasteiger charge is -2.29. The van der Waals surface area contributed by atoms with Crippen LogP contribution in [-0.2, 0) is 9.47 Å². The summed E-state index contributed by atoms with van der Waals surface area (Å²) in [5.74, 6) is -3.50. The Balaban J connectivity index is 2.33. The monoisotopic (exact) mass is 334 g/mol. The number of ether oxygens (including phenoxy) is 2. The van der Waals surface area contributed by atoms with E-state index in [9.17, 15) is 14.9 Å². The number of rotatable bonds is 3. The van der Waals surface area contributed by atoms with Crippen LogP contribution < -0.4 is 5.73 Å². The van der Waals surface area contributed by atoms with E-state index in [1.165, 1.54) is 32.4 Å². The highest BCUT2D eigenvalue weighted by Crippen LogP contribution is 2.82. The van der Waals surface area contributed by atoms with Gasteiger partial charge in [-0.2, -0.15) is 10.5 Å². The Labute approximate surface area is 136 Å². The van der Waals surface area contributed by atoms with Crippen LogP contribution in [0, 0.1) is 39.3 Å². The molecule has 6 nitrogen and oxygen atoms in total. The third-order valence-electron chi connectivity index (χ3n) is 4.77. The normalized spacial score (nSPS) is 33.3. The zero-order chi connectivity index (χ0) is 17.0. The molecule has 1 saturated carbocycles. The fraction of sp³-hybridized carbons (Fsp3) is 0.400. The summed E-state index contributed by atoms with van der Waals surface area (Å²) >= 11 is 6.12. The summed E-state index contributed by atoms with van der Waals surface area (Å²) < 4.78 is 25.0. The van der Waals surface area contributed by atoms with E-state index in [4.69, 9.17) is 26.8 Å². The third kappa shape index (κ3) is 1.41. The minimum Gasteiger partial charge on any atom is -0.386 e. The zero-order valence-electron chi connectivity index (χ0n) is 12.3. The van der Waals surface area contributed by atoms with Crippen LogP contribution in [0.5, 0.6) is 0 Å². The second-order valence-corrected chi connectivity index (χ2v) is 5.80. The highest BCUT2D eigenvalue weighted by molar-refractivity contribution is 6.31. The highest BCUT2D eigenvalue weighted by Gasteiger charge is 2.94. The Morgan fingerprint density at radius 2 is 1.96 bits per heavy atom. The zero-order valence-corrected chi connectivity index (χ0v) is 13.1. The lowest BCUT2D eigenvalue weighted by molar-refractivity contribution is -0.230. The van der Waals surface area contributed by atoms with Crippen molar-refractivity contribution >= 4 is 17.4 Å². The molecule has 23 heavy (non-hydrogen) atoms. The number of hydrogen-bond acceptors (Lipinski definition) is 6. The molecule has 2 aliphatic rings. The molecule has 0 radical (unpaired) electrons. The number of nitrogens with two attached hydrogens (primary N) is 1. The van der Waals surface area contributed by atoms with E-state index in [1.54, 1.807) is 0 Å². The Kier molecular flexibility index (Phi) is 3.18. The first-order valence-electron chi connectivity index (χ1n) is 6.65. The lowest BCUT2D eigenvalue weighted by atomic mass is 9.93. The number of nitriles is 2. The molecule has 0 aromatic heterocycles. The molecule has 118 valence electrons. The van der Waals surface area contributed by atoms with Crippen molar-refractivity contribution in [2.45, 2.75) is 11.8 Å². The van der Waals surface area contributed by atoms with Gasteiger partial charge in [0.05, 0.1) is 12.1 Å². The number of fused-ring (bicyclic) bond motifs is 1. The van der Waals surface area contributed by atoms with E-state index in [0.717, 1.165) is 0 Å². The molecule has 0 saturated heterocycles. The maximum Gasteiger partial charge on any atom is 0.292 e. The summed E-state index contributed by atoms with van der Waals surface area (Å²) in [4.78, 5) is 4.05. The molecule has 1 fully saturated rings. The van der Waals surface area contributed by atoms with Crippen molar-refractivity contribution in [3.05, 3.63) is 34.6 Å². The molecular weight excluding hydrogens is 323 g/mol. The lowest BCUT2D eigenvalue weighted by Crippen LogP contribution is -2.41. The first kappa shape index (κ1) is 15.7. The van der Waals surface area contributed by atoms with Gasteiger partial charge in [-0.05, 0) is 12.1 Å². The fourth-order valence-corrected chi connectivity index (χ4v) is 4.01. The second kappa shape index (κ2) is 4.65. The van der Waals surface area contributed by atoms with Gasteiger partial charge >= 0.3 is 0 Å². The Hall–Kier alpha value is -2.19. The molecule has 3 rings (SSSR count). The van der Waals surface area contributed by atoms with Gasteiger partial charge in [0.25, 0.3) is 5.91 Å². The van der Waals surface area contributed by atoms with E-state index in [-0.39, 0.29) is 16.4 Å². The number of benzene rings is 1. The summed E-state index contributed by atoms with van der Waals surface area (Å²) in [7, 11) is 2.57. The van der Waals surface area contributed by atoms with Crippen LogP contribution in [0.4, 0.5) is 4.39 Å². The molecular formula is C15H12ClFN4O2. The Morgan fingerprint density at radius 3 is 2.43 bits per heavy atom. The molecule has 8 heteroatoms. The number of hydrogen-bond donors (Lipinski definition) is 1. The summed E-state index contributed by atoms with van der Waals surface area (Å²) in [5, 5.41) is 19.7. The Bertz CT molecular complexity index is 790. The molecule has 0 spiro atoms. The summed E-state index contributed by atoms with van der Waals surface area (Å²) in [6.07, 6.45) is 0. The number of nitrogens with zero attached hydrogens (tertiary/aromatic N) is 3. The molecule has 1 aromatic carbocycles. The van der Waals surface area contributed by atoms with E-state index < -0.39 is 28.5 Å². The topological polar surface area (TPSA) is 104 Å². The molecule has 1 aliphatic heterocycles. The number of methoxy groups -OCH3 is 2. The van der Waals surface area contributed by atoms with E-state index in [2.05, 4.69) is 4.99 Å². The first-order chi connectivity index (χ1) is 10.9. The quantitative estimate of drug-likeness (QED) is 0.850. The summed E-state index contributed by atoms with van der Waals surface area (Å²) in [5.41, 5.74) is 2.79. The van der Waals surface area contributed by atoms with Crippen LogP contribution in [-0.4, -0.2) is 26.0 Å². The third-order valence-corrected chi connectivity index (χ3v) is 5.10. The van der Waals surface area contributed by atoms with Crippen LogP contribution >= 0.6 is 11.6 Å². The van der Waals surface area contributed by atoms with E-state index >= 15 is 0 Å². The first-order valence-corrected chi connectivity index (χ1v) is 7.02. The fourth-order valence-electron chi connectivity index (χ4n) is 3.74. The van der Waals surface area contributed by atoms with Gasteiger partial charge < -0.3 is 15.2 Å². The molecule has 2 N–H and O–H groups in total. The van der Waals surface area contributed by atoms with Gasteiger partial charge in [0.1, 0.15) is 17.1 Å². The smallest absolute Gasteiger partial charge is 0.292 e. The minimum atomic E-state index is -1.79. The average Bonchev–Trinajstić information content (AvgIpc) is 3.09. The summed E-state index contributed by atoms with van der Waals surface area (Å²) in [6.45, 7) is 0. The second-order valence-electron chi connectivity index (χ2n) is 5.40. The van der Waals surface area contributed by atoms with Gasteiger partial charge in [-0.15, -0.1) is 0 Å². The van der Waals surface area contributed by atoms with Crippen LogP contribution in [0.3, 0.4) is 0 Å². The van der Waals surface area contributed by atoms with Gasteiger partial charge in [-0.25, -0.2) is 9.38 Å².